The molecule has 122 valence electrons. The Bertz CT molecular complexity index is 570. The molecule has 0 aliphatic heterocycles. The Morgan fingerprint density at radius 3 is 2.55 bits per heavy atom. The highest BCUT2D eigenvalue weighted by Gasteiger charge is 2.59. The van der Waals surface area contributed by atoms with Crippen LogP contribution in [0.25, 0.3) is 0 Å². The molecule has 2 heteroatoms. The van der Waals surface area contributed by atoms with Gasteiger partial charge in [0.15, 0.2) is 0 Å². The summed E-state index contributed by atoms with van der Waals surface area (Å²) < 4.78 is 0. The molecule has 1 fully saturated rings. The van der Waals surface area contributed by atoms with Crippen molar-refractivity contribution in [3.8, 4) is 0 Å². The van der Waals surface area contributed by atoms with Crippen molar-refractivity contribution in [3.63, 3.8) is 0 Å². The second-order valence-corrected chi connectivity index (χ2v) is 8.51. The van der Waals surface area contributed by atoms with Crippen LogP contribution in [0, 0.1) is 16.7 Å². The molecule has 0 aromatic rings. The lowest BCUT2D eigenvalue weighted by molar-refractivity contribution is -0.142. The smallest absolute Gasteiger partial charge is 0.0943 e. The number of rotatable bonds is 1. The third-order valence-corrected chi connectivity index (χ3v) is 6.72. The maximum atomic E-state index is 11.6. The highest BCUT2D eigenvalue weighted by atomic mass is 16.3. The summed E-state index contributed by atoms with van der Waals surface area (Å²) in [4.78, 5) is 0. The summed E-state index contributed by atoms with van der Waals surface area (Å²) in [6.07, 6.45) is 8.00. The molecule has 22 heavy (non-hydrogen) atoms. The van der Waals surface area contributed by atoms with E-state index in [0.29, 0.717) is 18.8 Å². The second kappa shape index (κ2) is 4.82. The lowest BCUT2D eigenvalue weighted by Crippen LogP contribution is -2.58. The van der Waals surface area contributed by atoms with Crippen molar-refractivity contribution in [2.45, 2.75) is 71.5 Å². The number of hydrogen-bond donors (Lipinski definition) is 2. The molecule has 2 N–H and O–H groups in total. The van der Waals surface area contributed by atoms with E-state index in [1.54, 1.807) is 0 Å². The number of fused-ring (bicyclic) bond motifs is 2. The fourth-order valence-electron chi connectivity index (χ4n) is 5.01. The second-order valence-electron chi connectivity index (χ2n) is 8.51. The normalized spacial score (nSPS) is 45.0. The van der Waals surface area contributed by atoms with Gasteiger partial charge in [0.1, 0.15) is 0 Å². The van der Waals surface area contributed by atoms with Gasteiger partial charge in [-0.3, -0.25) is 0 Å². The zero-order valence-corrected chi connectivity index (χ0v) is 14.4. The molecule has 3 aliphatic carbocycles. The average Bonchev–Trinajstić information content (AvgIpc) is 2.72. The zero-order valence-electron chi connectivity index (χ0n) is 14.4. The summed E-state index contributed by atoms with van der Waals surface area (Å²) in [5.74, 6) is 0.503. The zero-order chi connectivity index (χ0) is 16.3. The lowest BCUT2D eigenvalue weighted by Gasteiger charge is -2.53. The van der Waals surface area contributed by atoms with E-state index in [1.165, 1.54) is 11.1 Å². The summed E-state index contributed by atoms with van der Waals surface area (Å²) in [5, 5.41) is 22.2. The van der Waals surface area contributed by atoms with Crippen LogP contribution in [0.5, 0.6) is 0 Å². The van der Waals surface area contributed by atoms with Crippen molar-refractivity contribution in [3.05, 3.63) is 35.5 Å². The van der Waals surface area contributed by atoms with Crippen LogP contribution in [0.1, 0.15) is 59.8 Å². The van der Waals surface area contributed by atoms with Gasteiger partial charge in [-0.1, -0.05) is 46.4 Å². The maximum absolute atomic E-state index is 11.6. The average molecular weight is 302 g/mol. The lowest BCUT2D eigenvalue weighted by atomic mass is 9.56. The first-order valence-electron chi connectivity index (χ1n) is 8.64. The minimum Gasteiger partial charge on any atom is -0.392 e. The van der Waals surface area contributed by atoms with Gasteiger partial charge in [0.2, 0.25) is 0 Å². The van der Waals surface area contributed by atoms with E-state index >= 15 is 0 Å². The maximum Gasteiger partial charge on any atom is 0.0943 e. The largest absolute Gasteiger partial charge is 0.392 e. The fraction of sp³-hybridized carbons (Fsp3) is 0.700. The highest BCUT2D eigenvalue weighted by molar-refractivity contribution is 5.46. The molecule has 3 aliphatic rings. The van der Waals surface area contributed by atoms with Crippen LogP contribution in [0.15, 0.2) is 35.5 Å². The van der Waals surface area contributed by atoms with E-state index in [1.807, 2.05) is 6.92 Å². The predicted octanol–water partition coefficient (Wildman–Crippen LogP) is 4.15. The van der Waals surface area contributed by atoms with E-state index in [2.05, 4.69) is 39.5 Å². The van der Waals surface area contributed by atoms with Gasteiger partial charge in [-0.05, 0) is 60.2 Å². The van der Waals surface area contributed by atoms with E-state index < -0.39 is 17.1 Å². The van der Waals surface area contributed by atoms with Crippen molar-refractivity contribution in [2.24, 2.45) is 16.7 Å². The molecule has 2 nitrogen and oxygen atoms in total. The molecule has 1 saturated carbocycles. The first-order chi connectivity index (χ1) is 10.1. The Hall–Kier alpha value is -0.860. The van der Waals surface area contributed by atoms with E-state index in [4.69, 9.17) is 0 Å². The minimum atomic E-state index is -0.974. The van der Waals surface area contributed by atoms with Crippen molar-refractivity contribution in [1.82, 2.24) is 0 Å². The van der Waals surface area contributed by atoms with Crippen LogP contribution in [0.3, 0.4) is 0 Å². The van der Waals surface area contributed by atoms with Crippen LogP contribution >= 0.6 is 0 Å². The van der Waals surface area contributed by atoms with E-state index in [-0.39, 0.29) is 5.41 Å². The van der Waals surface area contributed by atoms with Crippen LogP contribution in [-0.4, -0.2) is 21.9 Å². The molecule has 0 aromatic carbocycles. The first kappa shape index (κ1) is 16.0. The number of aliphatic hydroxyl groups is 2. The molecule has 0 amide bonds. The molecular weight excluding hydrogens is 272 g/mol. The summed E-state index contributed by atoms with van der Waals surface area (Å²) in [5.41, 5.74) is 2.20. The van der Waals surface area contributed by atoms with Gasteiger partial charge in [-0.15, -0.1) is 0 Å². The topological polar surface area (TPSA) is 40.5 Å². The molecule has 0 spiro atoms. The van der Waals surface area contributed by atoms with Gasteiger partial charge < -0.3 is 10.2 Å². The van der Waals surface area contributed by atoms with Crippen molar-refractivity contribution < 1.29 is 10.2 Å². The minimum absolute atomic E-state index is 0.0356. The Kier molecular flexibility index (Phi) is 3.51. The van der Waals surface area contributed by atoms with Gasteiger partial charge in [0.05, 0.1) is 11.7 Å². The standard InChI is InChI=1S/C20H30O2/c1-13(2)15-8-10-18(4)12-20(22)14(3)6-7-17(21)19(20,5)11-9-16(15)18/h8-9,13,17,21-22H,3,6-7,10-12H2,1-2,4-5H3. The monoisotopic (exact) mass is 302 g/mol. The number of allylic oxidation sites excluding steroid dienone is 4. The molecule has 0 aromatic heterocycles. The number of aliphatic hydroxyl groups excluding tert-OH is 1. The van der Waals surface area contributed by atoms with Gasteiger partial charge in [0, 0.05) is 5.41 Å². The van der Waals surface area contributed by atoms with Crippen LogP contribution in [-0.2, 0) is 0 Å². The Labute approximate surface area is 134 Å². The first-order valence-corrected chi connectivity index (χ1v) is 8.64. The Morgan fingerprint density at radius 1 is 1.23 bits per heavy atom. The quantitative estimate of drug-likeness (QED) is 0.714. The molecule has 4 unspecified atom stereocenters. The Morgan fingerprint density at radius 2 is 1.91 bits per heavy atom. The summed E-state index contributed by atoms with van der Waals surface area (Å²) in [6.45, 7) is 13.0. The van der Waals surface area contributed by atoms with E-state index in [9.17, 15) is 10.2 Å². The van der Waals surface area contributed by atoms with Crippen molar-refractivity contribution in [2.75, 3.05) is 0 Å². The van der Waals surface area contributed by atoms with Gasteiger partial charge in [0.25, 0.3) is 0 Å². The van der Waals surface area contributed by atoms with Gasteiger partial charge >= 0.3 is 0 Å². The Balaban J connectivity index is 2.09. The fourth-order valence-corrected chi connectivity index (χ4v) is 5.01. The molecule has 4 atom stereocenters. The third kappa shape index (κ3) is 1.93. The molecule has 0 radical (unpaired) electrons. The van der Waals surface area contributed by atoms with Crippen LogP contribution in [0.4, 0.5) is 0 Å². The van der Waals surface area contributed by atoms with Gasteiger partial charge in [-0.2, -0.15) is 0 Å². The molecule has 3 rings (SSSR count). The van der Waals surface area contributed by atoms with Crippen molar-refractivity contribution in [1.29, 1.82) is 0 Å². The van der Waals surface area contributed by atoms with Gasteiger partial charge in [-0.25, -0.2) is 0 Å². The van der Waals surface area contributed by atoms with Crippen LogP contribution in [0.2, 0.25) is 0 Å². The SMILES string of the molecule is C=C1CCC(O)C2(C)CC=C3C(C(C)C)=CCC3(C)CC12O. The molecule has 0 heterocycles. The summed E-state index contributed by atoms with van der Waals surface area (Å²) in [6, 6.07) is 0. The highest BCUT2D eigenvalue weighted by Crippen LogP contribution is 2.60. The number of hydrogen-bond acceptors (Lipinski definition) is 2. The molecular formula is C20H30O2. The predicted molar refractivity (Wildman–Crippen MR) is 90.4 cm³/mol. The molecule has 0 saturated heterocycles. The molecule has 0 bridgehead atoms. The van der Waals surface area contributed by atoms with E-state index in [0.717, 1.165) is 24.8 Å². The summed E-state index contributed by atoms with van der Waals surface area (Å²) in [7, 11) is 0. The van der Waals surface area contributed by atoms with Crippen LogP contribution < -0.4 is 0 Å². The summed E-state index contributed by atoms with van der Waals surface area (Å²) >= 11 is 0. The van der Waals surface area contributed by atoms with Crippen molar-refractivity contribution >= 4 is 0 Å². The third-order valence-electron chi connectivity index (χ3n) is 6.72.